The van der Waals surface area contributed by atoms with Crippen LogP contribution in [0, 0.1) is 13.8 Å². The van der Waals surface area contributed by atoms with Gasteiger partial charge in [0.15, 0.2) is 0 Å². The third-order valence-electron chi connectivity index (χ3n) is 3.44. The van der Waals surface area contributed by atoms with Crippen LogP contribution in [0.2, 0.25) is 0 Å². The normalized spacial score (nSPS) is 10.5. The smallest absolute Gasteiger partial charge is 0.308 e. The van der Waals surface area contributed by atoms with Crippen molar-refractivity contribution in [3.8, 4) is 0 Å². The van der Waals surface area contributed by atoms with Crippen LogP contribution in [-0.2, 0) is 11.3 Å². The van der Waals surface area contributed by atoms with Crippen molar-refractivity contribution >= 4 is 28.6 Å². The number of benzene rings is 1. The number of amides is 1. The Labute approximate surface area is 134 Å². The van der Waals surface area contributed by atoms with Gasteiger partial charge in [-0.25, -0.2) is 0 Å². The zero-order valence-corrected chi connectivity index (χ0v) is 13.9. The number of nitrogens with one attached hydrogen (secondary N) is 2. The van der Waals surface area contributed by atoms with Crippen LogP contribution in [0.15, 0.2) is 29.1 Å². The third kappa shape index (κ3) is 3.76. The Morgan fingerprint density at radius 1 is 1.23 bits per heavy atom. The summed E-state index contributed by atoms with van der Waals surface area (Å²) < 4.78 is 1.51. The SMILES string of the molecule is CCCNc1ccccc1NC(=O)Cn1c(C)c(C)sc1=O. The highest BCUT2D eigenvalue weighted by Gasteiger charge is 2.12. The van der Waals surface area contributed by atoms with Gasteiger partial charge in [-0.2, -0.15) is 0 Å². The molecule has 22 heavy (non-hydrogen) atoms. The predicted molar refractivity (Wildman–Crippen MR) is 91.9 cm³/mol. The summed E-state index contributed by atoms with van der Waals surface area (Å²) in [7, 11) is 0. The lowest BCUT2D eigenvalue weighted by Crippen LogP contribution is -2.25. The van der Waals surface area contributed by atoms with Gasteiger partial charge in [0.05, 0.1) is 11.4 Å². The third-order valence-corrected chi connectivity index (χ3v) is 4.44. The molecule has 0 aliphatic heterocycles. The first-order valence-electron chi connectivity index (χ1n) is 7.32. The maximum absolute atomic E-state index is 12.2. The molecule has 0 saturated carbocycles. The molecule has 0 saturated heterocycles. The molecule has 2 rings (SSSR count). The highest BCUT2D eigenvalue weighted by molar-refractivity contribution is 7.09. The monoisotopic (exact) mass is 319 g/mol. The van der Waals surface area contributed by atoms with E-state index >= 15 is 0 Å². The molecule has 6 heteroatoms. The number of carbonyl (C=O) groups excluding carboxylic acids is 1. The van der Waals surface area contributed by atoms with Crippen LogP contribution in [0.25, 0.3) is 0 Å². The molecule has 5 nitrogen and oxygen atoms in total. The molecule has 2 aromatic rings. The minimum Gasteiger partial charge on any atom is -0.383 e. The van der Waals surface area contributed by atoms with Crippen LogP contribution in [0.1, 0.15) is 23.9 Å². The van der Waals surface area contributed by atoms with Crippen LogP contribution in [0.3, 0.4) is 0 Å². The summed E-state index contributed by atoms with van der Waals surface area (Å²) in [6, 6.07) is 7.57. The summed E-state index contributed by atoms with van der Waals surface area (Å²) in [4.78, 5) is 24.9. The van der Waals surface area contributed by atoms with E-state index < -0.39 is 0 Å². The lowest BCUT2D eigenvalue weighted by molar-refractivity contribution is -0.116. The number of rotatable bonds is 6. The van der Waals surface area contributed by atoms with Crippen molar-refractivity contribution in [3.63, 3.8) is 0 Å². The zero-order valence-electron chi connectivity index (χ0n) is 13.1. The quantitative estimate of drug-likeness (QED) is 0.860. The molecule has 1 aromatic heterocycles. The number of hydrogen-bond acceptors (Lipinski definition) is 4. The van der Waals surface area contributed by atoms with E-state index in [0.717, 1.165) is 34.9 Å². The standard InChI is InChI=1S/C16H21N3O2S/c1-4-9-17-13-7-5-6-8-14(13)18-15(20)10-19-11(2)12(3)22-16(19)21/h5-8,17H,4,9-10H2,1-3H3,(H,18,20). The summed E-state index contributed by atoms with van der Waals surface area (Å²) in [5.41, 5.74) is 2.48. The highest BCUT2D eigenvalue weighted by Crippen LogP contribution is 2.21. The van der Waals surface area contributed by atoms with Crippen molar-refractivity contribution < 1.29 is 4.79 Å². The average Bonchev–Trinajstić information content (AvgIpc) is 2.73. The Balaban J connectivity index is 2.11. The summed E-state index contributed by atoms with van der Waals surface area (Å²) in [5, 5.41) is 6.15. The second kappa shape index (κ2) is 7.26. The molecule has 0 fully saturated rings. The summed E-state index contributed by atoms with van der Waals surface area (Å²) in [6.07, 6.45) is 1.01. The van der Waals surface area contributed by atoms with Gasteiger partial charge >= 0.3 is 4.87 Å². The average molecular weight is 319 g/mol. The Hall–Kier alpha value is -2.08. The van der Waals surface area contributed by atoms with Crippen molar-refractivity contribution in [1.82, 2.24) is 4.57 Å². The van der Waals surface area contributed by atoms with E-state index in [9.17, 15) is 9.59 Å². The lowest BCUT2D eigenvalue weighted by atomic mass is 10.2. The number of aryl methyl sites for hydroxylation is 1. The van der Waals surface area contributed by atoms with E-state index in [4.69, 9.17) is 0 Å². The van der Waals surface area contributed by atoms with Gasteiger partial charge in [-0.1, -0.05) is 30.4 Å². The van der Waals surface area contributed by atoms with Gasteiger partial charge in [-0.05, 0) is 32.4 Å². The van der Waals surface area contributed by atoms with Crippen molar-refractivity contribution in [3.05, 3.63) is 44.5 Å². The fraction of sp³-hybridized carbons (Fsp3) is 0.375. The van der Waals surface area contributed by atoms with Gasteiger partial charge in [-0.3, -0.25) is 14.2 Å². The van der Waals surface area contributed by atoms with Gasteiger partial charge in [0.2, 0.25) is 5.91 Å². The number of thiazole rings is 1. The second-order valence-corrected chi connectivity index (χ2v) is 6.28. The minimum atomic E-state index is -0.200. The molecule has 2 N–H and O–H groups in total. The molecular formula is C16H21N3O2S. The molecule has 1 aromatic carbocycles. The zero-order chi connectivity index (χ0) is 16.1. The van der Waals surface area contributed by atoms with Gasteiger partial charge in [0.1, 0.15) is 6.54 Å². The fourth-order valence-electron chi connectivity index (χ4n) is 2.11. The van der Waals surface area contributed by atoms with Crippen molar-refractivity contribution in [2.75, 3.05) is 17.2 Å². The van der Waals surface area contributed by atoms with Crippen LogP contribution < -0.4 is 15.5 Å². The molecule has 0 bridgehead atoms. The van der Waals surface area contributed by atoms with Gasteiger partial charge < -0.3 is 10.6 Å². The van der Waals surface area contributed by atoms with Crippen LogP contribution >= 0.6 is 11.3 Å². The summed E-state index contributed by atoms with van der Waals surface area (Å²) in [6.45, 7) is 6.71. The van der Waals surface area contributed by atoms with E-state index in [2.05, 4.69) is 17.6 Å². The van der Waals surface area contributed by atoms with E-state index in [1.165, 1.54) is 15.9 Å². The number of nitrogens with zero attached hydrogens (tertiary/aromatic N) is 1. The Morgan fingerprint density at radius 3 is 2.50 bits per heavy atom. The number of aromatic nitrogens is 1. The van der Waals surface area contributed by atoms with E-state index in [0.29, 0.717) is 0 Å². The molecule has 118 valence electrons. The molecule has 1 heterocycles. The van der Waals surface area contributed by atoms with E-state index in [1.54, 1.807) is 0 Å². The molecule has 0 unspecified atom stereocenters. The Bertz CT molecular complexity index is 718. The van der Waals surface area contributed by atoms with Gasteiger partial charge in [-0.15, -0.1) is 0 Å². The Kier molecular flexibility index (Phi) is 5.38. The topological polar surface area (TPSA) is 63.1 Å². The van der Waals surface area contributed by atoms with Gasteiger partial charge in [0.25, 0.3) is 0 Å². The van der Waals surface area contributed by atoms with E-state index in [-0.39, 0.29) is 17.3 Å². The Morgan fingerprint density at radius 2 is 1.91 bits per heavy atom. The molecule has 0 aliphatic rings. The van der Waals surface area contributed by atoms with Crippen molar-refractivity contribution in [2.24, 2.45) is 0 Å². The van der Waals surface area contributed by atoms with Gasteiger partial charge in [0, 0.05) is 17.1 Å². The first-order valence-corrected chi connectivity index (χ1v) is 8.14. The van der Waals surface area contributed by atoms with Crippen molar-refractivity contribution in [1.29, 1.82) is 0 Å². The number of carbonyl (C=O) groups is 1. The molecule has 0 spiro atoms. The van der Waals surface area contributed by atoms with Crippen LogP contribution in [0.5, 0.6) is 0 Å². The summed E-state index contributed by atoms with van der Waals surface area (Å²) in [5.74, 6) is -0.200. The molecule has 0 radical (unpaired) electrons. The lowest BCUT2D eigenvalue weighted by Gasteiger charge is -2.13. The highest BCUT2D eigenvalue weighted by atomic mass is 32.1. The number of para-hydroxylation sites is 2. The predicted octanol–water partition coefficient (Wildman–Crippen LogP) is 2.99. The first kappa shape index (κ1) is 16.3. The maximum Gasteiger partial charge on any atom is 0.308 e. The number of hydrogen-bond donors (Lipinski definition) is 2. The molecule has 0 aliphatic carbocycles. The minimum absolute atomic E-state index is 0.0388. The molecular weight excluding hydrogens is 298 g/mol. The number of anilines is 2. The maximum atomic E-state index is 12.2. The van der Waals surface area contributed by atoms with Crippen LogP contribution in [0.4, 0.5) is 11.4 Å². The molecule has 1 amide bonds. The first-order chi connectivity index (χ1) is 10.5. The largest absolute Gasteiger partial charge is 0.383 e. The second-order valence-electron chi connectivity index (χ2n) is 5.12. The van der Waals surface area contributed by atoms with Crippen molar-refractivity contribution in [2.45, 2.75) is 33.7 Å². The molecule has 0 atom stereocenters. The fourth-order valence-corrected chi connectivity index (χ4v) is 2.94. The summed E-state index contributed by atoms with van der Waals surface area (Å²) >= 11 is 1.17. The van der Waals surface area contributed by atoms with Crippen LogP contribution in [-0.4, -0.2) is 17.0 Å². The van der Waals surface area contributed by atoms with E-state index in [1.807, 2.05) is 38.1 Å².